The summed E-state index contributed by atoms with van der Waals surface area (Å²) in [5.74, 6) is -3.09. The molecule has 0 saturated heterocycles. The number of ether oxygens (including phenoxy) is 1. The first-order valence-corrected chi connectivity index (χ1v) is 8.89. The van der Waals surface area contributed by atoms with E-state index in [9.17, 15) is 19.6 Å². The van der Waals surface area contributed by atoms with E-state index >= 15 is 0 Å². The fraction of sp³-hybridized carbons (Fsp3) is 0.125. The number of carbonyl (C=O) groups is 3. The van der Waals surface area contributed by atoms with Crippen LogP contribution in [-0.4, -0.2) is 29.8 Å². The monoisotopic (exact) mass is 388 g/mol. The van der Waals surface area contributed by atoms with E-state index in [0.29, 0.717) is 4.88 Å². The van der Waals surface area contributed by atoms with Gasteiger partial charge in [0.05, 0.1) is 35.3 Å². The van der Waals surface area contributed by atoms with Gasteiger partial charge in [-0.3, -0.25) is 14.5 Å². The summed E-state index contributed by atoms with van der Waals surface area (Å²) in [5, 5.41) is 11.5. The van der Waals surface area contributed by atoms with E-state index in [4.69, 9.17) is 11.5 Å². The van der Waals surface area contributed by atoms with E-state index in [1.807, 2.05) is 6.07 Å². The van der Waals surface area contributed by atoms with Crippen LogP contribution < -0.4 is 11.5 Å². The minimum atomic E-state index is -0.810. The second kappa shape index (κ2) is 6.70. The van der Waals surface area contributed by atoms with Gasteiger partial charge in [0.2, 0.25) is 5.91 Å². The van der Waals surface area contributed by atoms with Crippen molar-refractivity contribution in [3.05, 3.63) is 55.4 Å². The number of primary amides is 1. The summed E-state index contributed by atoms with van der Waals surface area (Å²) < 4.78 is 4.65. The van der Waals surface area contributed by atoms with Crippen LogP contribution in [0.15, 0.2) is 50.5 Å². The number of thiophene rings is 1. The van der Waals surface area contributed by atoms with Crippen molar-refractivity contribution < 1.29 is 19.1 Å². The molecule has 4 N–H and O–H groups in total. The van der Waals surface area contributed by atoms with Gasteiger partial charge in [-0.1, -0.05) is 17.8 Å². The Morgan fingerprint density at radius 1 is 1.42 bits per heavy atom. The zero-order valence-corrected chi connectivity index (χ0v) is 15.0. The zero-order chi connectivity index (χ0) is 19.0. The highest BCUT2D eigenvalue weighted by Crippen LogP contribution is 2.48. The van der Waals surface area contributed by atoms with Gasteiger partial charge < -0.3 is 16.2 Å². The Kier molecular flexibility index (Phi) is 4.58. The van der Waals surface area contributed by atoms with Gasteiger partial charge in [0, 0.05) is 11.0 Å². The Hall–Kier alpha value is -3.03. The van der Waals surface area contributed by atoms with Crippen molar-refractivity contribution in [1.82, 2.24) is 4.90 Å². The Morgan fingerprint density at radius 3 is 2.69 bits per heavy atom. The quantitative estimate of drug-likeness (QED) is 0.732. The van der Waals surface area contributed by atoms with Crippen molar-refractivity contribution in [3.8, 4) is 6.07 Å². The summed E-state index contributed by atoms with van der Waals surface area (Å²) in [6, 6.07) is 5.48. The molecule has 0 saturated carbocycles. The summed E-state index contributed by atoms with van der Waals surface area (Å²) in [4.78, 5) is 38.3. The second-order valence-electron chi connectivity index (χ2n) is 5.22. The molecule has 0 radical (unpaired) electrons. The second-order valence-corrected chi connectivity index (χ2v) is 7.23. The van der Waals surface area contributed by atoms with Gasteiger partial charge in [-0.15, -0.1) is 11.3 Å². The molecule has 2 amide bonds. The van der Waals surface area contributed by atoms with E-state index in [-0.39, 0.29) is 26.9 Å². The van der Waals surface area contributed by atoms with Gasteiger partial charge in [-0.25, -0.2) is 4.79 Å². The van der Waals surface area contributed by atoms with Crippen molar-refractivity contribution in [3.63, 3.8) is 0 Å². The molecule has 0 bridgehead atoms. The number of thioether (sulfide) groups is 1. The molecular weight excluding hydrogens is 376 g/mol. The van der Waals surface area contributed by atoms with Crippen LogP contribution in [0.4, 0.5) is 0 Å². The van der Waals surface area contributed by atoms with Gasteiger partial charge in [0.1, 0.15) is 10.7 Å². The highest BCUT2D eigenvalue weighted by atomic mass is 32.2. The first-order chi connectivity index (χ1) is 12.4. The molecule has 3 rings (SSSR count). The van der Waals surface area contributed by atoms with Crippen molar-refractivity contribution in [2.24, 2.45) is 11.5 Å². The van der Waals surface area contributed by atoms with Crippen LogP contribution >= 0.6 is 23.1 Å². The predicted molar refractivity (Wildman–Crippen MR) is 94.6 cm³/mol. The van der Waals surface area contributed by atoms with E-state index in [0.717, 1.165) is 22.7 Å². The van der Waals surface area contributed by atoms with E-state index in [2.05, 4.69) is 4.74 Å². The Labute approximate surface area is 156 Å². The molecule has 0 unspecified atom stereocenters. The predicted octanol–water partition coefficient (Wildman–Crippen LogP) is 0.868. The average molecular weight is 388 g/mol. The van der Waals surface area contributed by atoms with Gasteiger partial charge in [-0.05, 0) is 11.4 Å². The fourth-order valence-corrected chi connectivity index (χ4v) is 4.69. The zero-order valence-electron chi connectivity index (χ0n) is 13.4. The summed E-state index contributed by atoms with van der Waals surface area (Å²) in [5.41, 5.74) is 11.7. The molecule has 0 spiro atoms. The normalized spacial score (nSPS) is 19.7. The summed E-state index contributed by atoms with van der Waals surface area (Å²) in [7, 11) is 1.18. The standard InChI is InChI=1S/C16H12N4O4S2/c1-24-16(23)9-5-10(21)20-13(18)7(6-17)11(8-3-2-4-25-8)12(14(19)22)15(20)26-9/h2-5,11H,18H2,1H3,(H2,19,22)/t11-/m1/s1. The molecular formula is C16H12N4O4S2. The maximum absolute atomic E-state index is 12.5. The van der Waals surface area contributed by atoms with Crippen LogP contribution in [0.5, 0.6) is 0 Å². The molecule has 1 atom stereocenters. The van der Waals surface area contributed by atoms with Crippen molar-refractivity contribution >= 4 is 40.9 Å². The molecule has 2 aliphatic rings. The van der Waals surface area contributed by atoms with Gasteiger partial charge in [0.15, 0.2) is 0 Å². The minimum Gasteiger partial charge on any atom is -0.465 e. The summed E-state index contributed by atoms with van der Waals surface area (Å²) in [6.07, 6.45) is 1.05. The Bertz CT molecular complexity index is 953. The lowest BCUT2D eigenvalue weighted by Gasteiger charge is -2.36. The smallest absolute Gasteiger partial charge is 0.344 e. The van der Waals surface area contributed by atoms with Gasteiger partial charge in [-0.2, -0.15) is 5.26 Å². The number of esters is 1. The molecule has 26 heavy (non-hydrogen) atoms. The minimum absolute atomic E-state index is 0.000590. The number of carbonyl (C=O) groups excluding carboxylic acids is 3. The third kappa shape index (κ3) is 2.67. The van der Waals surface area contributed by atoms with Crippen LogP contribution in [0.3, 0.4) is 0 Å². The average Bonchev–Trinajstić information content (AvgIpc) is 3.14. The molecule has 1 aromatic rings. The van der Waals surface area contributed by atoms with Crippen molar-refractivity contribution in [2.75, 3.05) is 7.11 Å². The highest BCUT2D eigenvalue weighted by Gasteiger charge is 2.43. The SMILES string of the molecule is COC(=O)C1=CC(=O)N2C(N)=C(C#N)[C@H](c3cccs3)C(C(N)=O)=C2S1. The summed E-state index contributed by atoms with van der Waals surface area (Å²) >= 11 is 2.18. The lowest BCUT2D eigenvalue weighted by atomic mass is 9.87. The fourth-order valence-electron chi connectivity index (χ4n) is 2.71. The molecule has 1 aromatic heterocycles. The summed E-state index contributed by atoms with van der Waals surface area (Å²) in [6.45, 7) is 0. The topological polar surface area (TPSA) is 140 Å². The molecule has 0 aromatic carbocycles. The molecule has 2 aliphatic heterocycles. The number of allylic oxidation sites excluding steroid dienone is 1. The van der Waals surface area contributed by atoms with Crippen molar-refractivity contribution in [1.29, 1.82) is 5.26 Å². The maximum Gasteiger partial charge on any atom is 0.344 e. The Morgan fingerprint density at radius 2 is 2.15 bits per heavy atom. The number of nitriles is 1. The number of hydrogen-bond acceptors (Lipinski definition) is 8. The van der Waals surface area contributed by atoms with Crippen LogP contribution in [0.2, 0.25) is 0 Å². The number of fused-ring (bicyclic) bond motifs is 1. The van der Waals surface area contributed by atoms with Crippen LogP contribution in [-0.2, 0) is 19.1 Å². The maximum atomic E-state index is 12.5. The van der Waals surface area contributed by atoms with Gasteiger partial charge in [0.25, 0.3) is 5.91 Å². The third-order valence-corrected chi connectivity index (χ3v) is 5.85. The van der Waals surface area contributed by atoms with E-state index < -0.39 is 23.7 Å². The molecule has 0 fully saturated rings. The van der Waals surface area contributed by atoms with Crippen LogP contribution in [0, 0.1) is 11.3 Å². The number of rotatable bonds is 3. The number of nitrogens with zero attached hydrogens (tertiary/aromatic N) is 2. The molecule has 3 heterocycles. The van der Waals surface area contributed by atoms with E-state index in [1.165, 1.54) is 18.4 Å². The number of nitrogens with two attached hydrogens (primary N) is 2. The largest absolute Gasteiger partial charge is 0.465 e. The number of methoxy groups -OCH3 is 1. The van der Waals surface area contributed by atoms with Crippen LogP contribution in [0.25, 0.3) is 0 Å². The number of amides is 2. The van der Waals surface area contributed by atoms with Gasteiger partial charge >= 0.3 is 5.97 Å². The molecule has 10 heteroatoms. The highest BCUT2D eigenvalue weighted by molar-refractivity contribution is 8.07. The molecule has 8 nitrogen and oxygen atoms in total. The first-order valence-electron chi connectivity index (χ1n) is 7.19. The number of hydrogen-bond donors (Lipinski definition) is 2. The molecule has 0 aliphatic carbocycles. The lowest BCUT2D eigenvalue weighted by Crippen LogP contribution is -2.42. The molecule has 132 valence electrons. The lowest BCUT2D eigenvalue weighted by molar-refractivity contribution is -0.135. The van der Waals surface area contributed by atoms with E-state index in [1.54, 1.807) is 17.5 Å². The first kappa shape index (κ1) is 17.8. The third-order valence-electron chi connectivity index (χ3n) is 3.81. The van der Waals surface area contributed by atoms with Crippen LogP contribution in [0.1, 0.15) is 10.8 Å². The van der Waals surface area contributed by atoms with Crippen molar-refractivity contribution in [2.45, 2.75) is 5.92 Å². The Balaban J connectivity index is 2.28.